The average molecular weight is 236 g/mol. The first-order valence-electron chi connectivity index (χ1n) is 5.38. The molecule has 0 aromatic heterocycles. The van der Waals surface area contributed by atoms with Crippen LogP contribution >= 0.6 is 0 Å². The van der Waals surface area contributed by atoms with Crippen LogP contribution in [0.3, 0.4) is 0 Å². The minimum Gasteiger partial charge on any atom is -0.464 e. The molecule has 1 aromatic rings. The molecule has 0 atom stereocenters. The van der Waals surface area contributed by atoms with Crippen LogP contribution in [-0.4, -0.2) is 23.8 Å². The highest BCUT2D eigenvalue weighted by molar-refractivity contribution is 6.10. The molecule has 1 aromatic carbocycles. The van der Waals surface area contributed by atoms with E-state index in [1.165, 1.54) is 0 Å². The molecule has 92 valence electrons. The van der Waals surface area contributed by atoms with Gasteiger partial charge < -0.3 is 10.4 Å². The van der Waals surface area contributed by atoms with Crippen molar-refractivity contribution in [1.29, 1.82) is 0 Å². The molecule has 5 heteroatoms. The number of anilines is 1. The average Bonchev–Trinajstić information content (AvgIpc) is 2.27. The van der Waals surface area contributed by atoms with Gasteiger partial charge in [-0.25, -0.2) is 9.59 Å². The minimum atomic E-state index is -1.29. The van der Waals surface area contributed by atoms with E-state index in [1.54, 1.807) is 30.3 Å². The fourth-order valence-electron chi connectivity index (χ4n) is 1.26. The number of benzene rings is 1. The van der Waals surface area contributed by atoms with Crippen molar-refractivity contribution in [2.45, 2.75) is 13.8 Å². The Morgan fingerprint density at radius 3 is 2.35 bits per heavy atom. The number of amides is 3. The van der Waals surface area contributed by atoms with E-state index in [-0.39, 0.29) is 5.92 Å². The van der Waals surface area contributed by atoms with Crippen LogP contribution in [0.1, 0.15) is 13.8 Å². The van der Waals surface area contributed by atoms with Crippen molar-refractivity contribution < 1.29 is 14.7 Å². The molecule has 0 bridgehead atoms. The topological polar surface area (TPSA) is 69.6 Å². The van der Waals surface area contributed by atoms with Gasteiger partial charge in [-0.15, -0.1) is 0 Å². The van der Waals surface area contributed by atoms with Crippen LogP contribution in [0.25, 0.3) is 0 Å². The standard InChI is InChI=1S/C12H16N2O3/c1-9(2)8-13-11(15)14(12(16)17)10-6-4-3-5-7-10/h3-7,9H,8H2,1-2H3,(H,13,15)(H,16,17). The number of nitrogens with one attached hydrogen (secondary N) is 1. The lowest BCUT2D eigenvalue weighted by Gasteiger charge is -2.18. The third-order valence-corrected chi connectivity index (χ3v) is 2.07. The molecule has 0 fully saturated rings. The van der Waals surface area contributed by atoms with Crippen molar-refractivity contribution in [2.24, 2.45) is 5.92 Å². The molecule has 0 aliphatic carbocycles. The molecule has 5 nitrogen and oxygen atoms in total. The maximum Gasteiger partial charge on any atom is 0.420 e. The lowest BCUT2D eigenvalue weighted by molar-refractivity contribution is 0.199. The second-order valence-electron chi connectivity index (χ2n) is 4.03. The van der Waals surface area contributed by atoms with E-state index < -0.39 is 12.1 Å². The maximum absolute atomic E-state index is 11.7. The van der Waals surface area contributed by atoms with E-state index in [0.29, 0.717) is 17.1 Å². The fraction of sp³-hybridized carbons (Fsp3) is 0.333. The Hall–Kier alpha value is -2.04. The summed E-state index contributed by atoms with van der Waals surface area (Å²) in [7, 11) is 0. The largest absolute Gasteiger partial charge is 0.464 e. The first-order chi connectivity index (χ1) is 8.02. The number of hydrogen-bond donors (Lipinski definition) is 2. The lowest BCUT2D eigenvalue weighted by Crippen LogP contribution is -2.44. The van der Waals surface area contributed by atoms with Crippen molar-refractivity contribution in [1.82, 2.24) is 5.32 Å². The first kappa shape index (κ1) is 13.0. The molecular formula is C12H16N2O3. The zero-order valence-corrected chi connectivity index (χ0v) is 9.88. The van der Waals surface area contributed by atoms with E-state index in [0.717, 1.165) is 0 Å². The van der Waals surface area contributed by atoms with Crippen LogP contribution in [0.5, 0.6) is 0 Å². The second kappa shape index (κ2) is 5.89. The molecule has 3 amide bonds. The molecule has 2 N–H and O–H groups in total. The highest BCUT2D eigenvalue weighted by Crippen LogP contribution is 2.13. The predicted octanol–water partition coefficient (Wildman–Crippen LogP) is 2.54. The van der Waals surface area contributed by atoms with Crippen LogP contribution in [-0.2, 0) is 0 Å². The number of carboxylic acid groups (broad SMARTS) is 1. The normalized spacial score (nSPS) is 10.1. The van der Waals surface area contributed by atoms with Crippen LogP contribution in [0.2, 0.25) is 0 Å². The molecule has 0 unspecified atom stereocenters. The van der Waals surface area contributed by atoms with Gasteiger partial charge in [0.1, 0.15) is 0 Å². The molecule has 0 saturated carbocycles. The first-order valence-corrected chi connectivity index (χ1v) is 5.38. The number of urea groups is 1. The second-order valence-corrected chi connectivity index (χ2v) is 4.03. The highest BCUT2D eigenvalue weighted by atomic mass is 16.4. The van der Waals surface area contributed by atoms with Crippen molar-refractivity contribution >= 4 is 17.8 Å². The number of nitrogens with zero attached hydrogens (tertiary/aromatic N) is 1. The van der Waals surface area contributed by atoms with Gasteiger partial charge in [0.05, 0.1) is 5.69 Å². The number of rotatable bonds is 3. The summed E-state index contributed by atoms with van der Waals surface area (Å²) in [5.74, 6) is 0.269. The number of carbonyl (C=O) groups is 2. The summed E-state index contributed by atoms with van der Waals surface area (Å²) in [5.41, 5.74) is 0.334. The lowest BCUT2D eigenvalue weighted by atomic mass is 10.2. The van der Waals surface area contributed by atoms with Crippen LogP contribution in [0, 0.1) is 5.92 Å². The highest BCUT2D eigenvalue weighted by Gasteiger charge is 2.22. The monoisotopic (exact) mass is 236 g/mol. The molecule has 0 aliphatic rings. The summed E-state index contributed by atoms with van der Waals surface area (Å²) < 4.78 is 0. The molecule has 0 radical (unpaired) electrons. The maximum atomic E-state index is 11.7. The van der Waals surface area contributed by atoms with Crippen LogP contribution < -0.4 is 10.2 Å². The third kappa shape index (κ3) is 3.79. The number of para-hydroxylation sites is 1. The van der Waals surface area contributed by atoms with Gasteiger partial charge in [0.2, 0.25) is 0 Å². The Morgan fingerprint density at radius 2 is 1.88 bits per heavy atom. The van der Waals surface area contributed by atoms with E-state index >= 15 is 0 Å². The number of hydrogen-bond acceptors (Lipinski definition) is 2. The van der Waals surface area contributed by atoms with Crippen molar-refractivity contribution in [2.75, 3.05) is 11.4 Å². The SMILES string of the molecule is CC(C)CNC(=O)N(C(=O)O)c1ccccc1. The molecular weight excluding hydrogens is 220 g/mol. The van der Waals surface area contributed by atoms with Gasteiger partial charge in [-0.05, 0) is 18.1 Å². The summed E-state index contributed by atoms with van der Waals surface area (Å²) in [6.45, 7) is 4.32. The smallest absolute Gasteiger partial charge is 0.420 e. The van der Waals surface area contributed by atoms with Crippen molar-refractivity contribution in [3.8, 4) is 0 Å². The summed E-state index contributed by atoms with van der Waals surface area (Å²) in [6, 6.07) is 7.64. The van der Waals surface area contributed by atoms with Gasteiger partial charge >= 0.3 is 12.1 Å². The molecule has 0 aliphatic heterocycles. The van der Waals surface area contributed by atoms with Gasteiger partial charge in [-0.1, -0.05) is 32.0 Å². The van der Waals surface area contributed by atoms with E-state index in [2.05, 4.69) is 5.32 Å². The molecule has 17 heavy (non-hydrogen) atoms. The molecule has 0 heterocycles. The van der Waals surface area contributed by atoms with Gasteiger partial charge in [-0.3, -0.25) is 0 Å². The van der Waals surface area contributed by atoms with Crippen molar-refractivity contribution in [3.05, 3.63) is 30.3 Å². The quantitative estimate of drug-likeness (QED) is 0.847. The summed E-state index contributed by atoms with van der Waals surface area (Å²) in [4.78, 5) is 23.5. The van der Waals surface area contributed by atoms with Crippen LogP contribution in [0.4, 0.5) is 15.3 Å². The van der Waals surface area contributed by atoms with Gasteiger partial charge in [-0.2, -0.15) is 4.90 Å². The van der Waals surface area contributed by atoms with Gasteiger partial charge in [0.25, 0.3) is 0 Å². The Morgan fingerprint density at radius 1 is 1.29 bits per heavy atom. The molecule has 0 spiro atoms. The zero-order valence-electron chi connectivity index (χ0n) is 9.88. The van der Waals surface area contributed by atoms with Crippen LogP contribution in [0.15, 0.2) is 30.3 Å². The third-order valence-electron chi connectivity index (χ3n) is 2.07. The predicted molar refractivity (Wildman–Crippen MR) is 65.2 cm³/mol. The van der Waals surface area contributed by atoms with Crippen molar-refractivity contribution in [3.63, 3.8) is 0 Å². The Kier molecular flexibility index (Phi) is 4.51. The number of imide groups is 1. The summed E-state index contributed by atoms with van der Waals surface area (Å²) >= 11 is 0. The fourth-order valence-corrected chi connectivity index (χ4v) is 1.26. The van der Waals surface area contributed by atoms with Gasteiger partial charge in [0, 0.05) is 6.54 Å². The Labute approximate surface area is 100 Å². The summed E-state index contributed by atoms with van der Waals surface area (Å²) in [5, 5.41) is 11.6. The molecule has 1 rings (SSSR count). The Balaban J connectivity index is 2.80. The Bertz CT molecular complexity index is 390. The van der Waals surface area contributed by atoms with E-state index in [1.807, 2.05) is 13.8 Å². The zero-order chi connectivity index (χ0) is 12.8. The minimum absolute atomic E-state index is 0.269. The number of carbonyl (C=O) groups excluding carboxylic acids is 1. The summed E-state index contributed by atoms with van der Waals surface area (Å²) in [6.07, 6.45) is -1.29. The van der Waals surface area contributed by atoms with Gasteiger partial charge in [0.15, 0.2) is 0 Å². The van der Waals surface area contributed by atoms with E-state index in [9.17, 15) is 9.59 Å². The molecule has 0 saturated heterocycles. The van der Waals surface area contributed by atoms with E-state index in [4.69, 9.17) is 5.11 Å².